The molecule has 0 aliphatic heterocycles. The molecular formula is C30H50O. The molecule has 1 unspecified atom stereocenters. The number of ether oxygens (including phenoxy) is 1. The third kappa shape index (κ3) is 8.36. The van der Waals surface area contributed by atoms with Crippen LogP contribution >= 0.6 is 0 Å². The highest BCUT2D eigenvalue weighted by atomic mass is 16.5. The average molecular weight is 427 g/mol. The highest BCUT2D eigenvalue weighted by molar-refractivity contribution is 5.43. The summed E-state index contributed by atoms with van der Waals surface area (Å²) < 4.78 is 6.76. The fourth-order valence-corrected chi connectivity index (χ4v) is 3.52. The Morgan fingerprint density at radius 3 is 1.71 bits per heavy atom. The van der Waals surface area contributed by atoms with Crippen LogP contribution in [0.15, 0.2) is 36.4 Å². The zero-order valence-electron chi connectivity index (χ0n) is 23.0. The molecule has 0 amide bonds. The largest absolute Gasteiger partial charge is 0.485 e. The molecular weight excluding hydrogens is 376 g/mol. The van der Waals surface area contributed by atoms with Crippen LogP contribution in [0.2, 0.25) is 0 Å². The summed E-state index contributed by atoms with van der Waals surface area (Å²) in [6.45, 7) is 30.4. The smallest absolute Gasteiger partial charge is 0.129 e. The highest BCUT2D eigenvalue weighted by Crippen LogP contribution is 2.42. The molecule has 0 N–H and O–H groups in total. The van der Waals surface area contributed by atoms with E-state index in [0.717, 1.165) is 5.75 Å². The minimum Gasteiger partial charge on any atom is -0.485 e. The fraction of sp³-hybridized carbons (Fsp3) is 0.600. The second-order valence-corrected chi connectivity index (χ2v) is 10.4. The summed E-state index contributed by atoms with van der Waals surface area (Å²) in [4.78, 5) is 0. The minimum absolute atomic E-state index is 0.00233. The molecule has 1 atom stereocenters. The Morgan fingerprint density at radius 2 is 1.29 bits per heavy atom. The van der Waals surface area contributed by atoms with Gasteiger partial charge in [-0.1, -0.05) is 119 Å². The van der Waals surface area contributed by atoms with E-state index in [-0.39, 0.29) is 16.9 Å². The van der Waals surface area contributed by atoms with Crippen LogP contribution in [0.4, 0.5) is 0 Å². The monoisotopic (exact) mass is 426 g/mol. The molecule has 0 aliphatic rings. The third-order valence-electron chi connectivity index (χ3n) is 5.22. The molecule has 2 aromatic rings. The maximum absolute atomic E-state index is 6.76. The molecule has 1 heteroatoms. The van der Waals surface area contributed by atoms with Crippen molar-refractivity contribution >= 4 is 0 Å². The van der Waals surface area contributed by atoms with Crippen LogP contribution in [0.3, 0.4) is 0 Å². The van der Waals surface area contributed by atoms with Gasteiger partial charge in [0.1, 0.15) is 11.9 Å². The van der Waals surface area contributed by atoms with E-state index >= 15 is 0 Å². The van der Waals surface area contributed by atoms with Crippen molar-refractivity contribution in [2.45, 2.75) is 114 Å². The van der Waals surface area contributed by atoms with E-state index in [4.69, 9.17) is 4.74 Å². The van der Waals surface area contributed by atoms with Gasteiger partial charge in [-0.3, -0.25) is 0 Å². The van der Waals surface area contributed by atoms with Gasteiger partial charge >= 0.3 is 0 Å². The summed E-state index contributed by atoms with van der Waals surface area (Å²) in [6.07, 6.45) is 0.00233. The van der Waals surface area contributed by atoms with Gasteiger partial charge in [-0.2, -0.15) is 0 Å². The van der Waals surface area contributed by atoms with E-state index < -0.39 is 0 Å². The first-order chi connectivity index (χ1) is 14.3. The van der Waals surface area contributed by atoms with Gasteiger partial charge in [-0.15, -0.1) is 0 Å². The van der Waals surface area contributed by atoms with Gasteiger partial charge in [0.05, 0.1) is 0 Å². The maximum Gasteiger partial charge on any atom is 0.129 e. The Bertz CT molecular complexity index is 785. The molecule has 176 valence electrons. The molecule has 0 spiro atoms. The molecule has 0 aromatic heterocycles. The first-order valence-corrected chi connectivity index (χ1v) is 12.2. The van der Waals surface area contributed by atoms with Crippen LogP contribution in [0.1, 0.15) is 123 Å². The summed E-state index contributed by atoms with van der Waals surface area (Å²) in [5, 5.41) is 0. The molecule has 0 bridgehead atoms. The van der Waals surface area contributed by atoms with Gasteiger partial charge in [0.25, 0.3) is 0 Å². The Balaban J connectivity index is 0.00000212. The van der Waals surface area contributed by atoms with Crippen LogP contribution in [0.5, 0.6) is 5.75 Å². The fourth-order valence-electron chi connectivity index (χ4n) is 3.52. The van der Waals surface area contributed by atoms with Crippen LogP contribution in [-0.4, -0.2) is 0 Å². The van der Waals surface area contributed by atoms with Crippen LogP contribution in [-0.2, 0) is 5.41 Å². The summed E-state index contributed by atoms with van der Waals surface area (Å²) in [7, 11) is 0. The van der Waals surface area contributed by atoms with Gasteiger partial charge < -0.3 is 4.74 Å². The predicted molar refractivity (Wildman–Crippen MR) is 141 cm³/mol. The summed E-state index contributed by atoms with van der Waals surface area (Å²) in [5.41, 5.74) is 6.56. The second kappa shape index (κ2) is 12.3. The van der Waals surface area contributed by atoms with Crippen molar-refractivity contribution in [1.29, 1.82) is 0 Å². The average Bonchev–Trinajstić information content (AvgIpc) is 2.68. The molecule has 0 saturated heterocycles. The molecule has 2 rings (SSSR count). The number of hydrogen-bond acceptors (Lipinski definition) is 1. The van der Waals surface area contributed by atoms with Crippen molar-refractivity contribution in [3.63, 3.8) is 0 Å². The van der Waals surface area contributed by atoms with E-state index in [9.17, 15) is 0 Å². The summed E-state index contributed by atoms with van der Waals surface area (Å²) in [5.74, 6) is 1.54. The lowest BCUT2D eigenvalue weighted by Gasteiger charge is -2.35. The molecule has 1 nitrogen and oxygen atoms in total. The number of rotatable bonds is 4. The van der Waals surface area contributed by atoms with Crippen molar-refractivity contribution in [3.05, 3.63) is 64.2 Å². The second-order valence-electron chi connectivity index (χ2n) is 10.4. The summed E-state index contributed by atoms with van der Waals surface area (Å²) in [6, 6.07) is 13.4. The van der Waals surface area contributed by atoms with E-state index in [2.05, 4.69) is 106 Å². The summed E-state index contributed by atoms with van der Waals surface area (Å²) >= 11 is 0. The molecule has 31 heavy (non-hydrogen) atoms. The van der Waals surface area contributed by atoms with Gasteiger partial charge in [-0.05, 0) is 53.5 Å². The molecule has 2 aromatic carbocycles. The SMILES string of the molecule is CC.CC.Cc1ccc(OC(c2ccc(C(C)C)cc2C)C(C)(C)C)c(C(C)(C)C)c1. The normalized spacial score (nSPS) is 12.4. The van der Waals surface area contributed by atoms with Crippen molar-refractivity contribution in [1.82, 2.24) is 0 Å². The Hall–Kier alpha value is -1.76. The lowest BCUT2D eigenvalue weighted by Crippen LogP contribution is -2.26. The van der Waals surface area contributed by atoms with Crippen molar-refractivity contribution in [3.8, 4) is 5.75 Å². The van der Waals surface area contributed by atoms with Crippen LogP contribution in [0, 0.1) is 19.3 Å². The van der Waals surface area contributed by atoms with E-state index in [1.54, 1.807) is 0 Å². The lowest BCUT2D eigenvalue weighted by atomic mass is 9.81. The molecule has 0 aliphatic carbocycles. The predicted octanol–water partition coefficient (Wildman–Crippen LogP) is 9.94. The standard InChI is InChI=1S/C26H38O.2C2H6/c1-17(2)20-12-13-21(19(4)16-20)24(26(8,9)10)27-23-14-11-18(3)15-22(23)25(5,6)7;2*1-2/h11-17,24H,1-10H3;2*1-2H3. The molecule has 0 heterocycles. The van der Waals surface area contributed by atoms with Gasteiger partial charge in [0.2, 0.25) is 0 Å². The lowest BCUT2D eigenvalue weighted by molar-refractivity contribution is 0.0842. The first kappa shape index (κ1) is 29.2. The Morgan fingerprint density at radius 1 is 0.742 bits per heavy atom. The van der Waals surface area contributed by atoms with Gasteiger partial charge in [0.15, 0.2) is 0 Å². The highest BCUT2D eigenvalue weighted by Gasteiger charge is 2.31. The quantitative estimate of drug-likeness (QED) is 0.472. The molecule has 0 fully saturated rings. The number of benzene rings is 2. The number of aryl methyl sites for hydroxylation is 2. The van der Waals surface area contributed by atoms with Gasteiger partial charge in [-0.25, -0.2) is 0 Å². The van der Waals surface area contributed by atoms with Crippen molar-refractivity contribution < 1.29 is 4.74 Å². The van der Waals surface area contributed by atoms with E-state index in [0.29, 0.717) is 5.92 Å². The zero-order chi connectivity index (χ0) is 24.6. The van der Waals surface area contributed by atoms with Crippen molar-refractivity contribution in [2.24, 2.45) is 5.41 Å². The van der Waals surface area contributed by atoms with Crippen molar-refractivity contribution in [2.75, 3.05) is 0 Å². The molecule has 0 radical (unpaired) electrons. The maximum atomic E-state index is 6.76. The molecule has 0 saturated carbocycles. The Labute approximate surface area is 194 Å². The number of hydrogen-bond donors (Lipinski definition) is 0. The zero-order valence-corrected chi connectivity index (χ0v) is 23.0. The first-order valence-electron chi connectivity index (χ1n) is 12.2. The van der Waals surface area contributed by atoms with E-state index in [1.807, 2.05) is 27.7 Å². The minimum atomic E-state index is -0.00977. The van der Waals surface area contributed by atoms with Gasteiger partial charge in [0, 0.05) is 5.41 Å². The van der Waals surface area contributed by atoms with Crippen LogP contribution in [0.25, 0.3) is 0 Å². The van der Waals surface area contributed by atoms with Crippen LogP contribution < -0.4 is 4.74 Å². The Kier molecular flexibility index (Phi) is 11.6. The third-order valence-corrected chi connectivity index (χ3v) is 5.22. The topological polar surface area (TPSA) is 9.23 Å². The van der Waals surface area contributed by atoms with E-state index in [1.165, 1.54) is 27.8 Å².